The third kappa shape index (κ3) is 3.04. The van der Waals surface area contributed by atoms with Crippen molar-refractivity contribution in [2.45, 2.75) is 25.3 Å². The molecule has 8 heteroatoms. The van der Waals surface area contributed by atoms with E-state index >= 15 is 0 Å². The predicted molar refractivity (Wildman–Crippen MR) is 86.8 cm³/mol. The normalized spacial score (nSPS) is 17.3. The molecule has 1 aliphatic heterocycles. The Balaban J connectivity index is 2.50. The first kappa shape index (κ1) is 17.7. The van der Waals surface area contributed by atoms with Crippen LogP contribution in [0.5, 0.6) is 17.2 Å². The molecule has 1 unspecified atom stereocenters. The highest BCUT2D eigenvalue weighted by molar-refractivity contribution is 6.03. The molecule has 1 amide bonds. The van der Waals surface area contributed by atoms with Crippen molar-refractivity contribution in [3.8, 4) is 17.2 Å². The van der Waals surface area contributed by atoms with Gasteiger partial charge in [0, 0.05) is 6.54 Å². The van der Waals surface area contributed by atoms with Crippen molar-refractivity contribution in [1.29, 1.82) is 0 Å². The number of methoxy groups -OCH3 is 3. The lowest BCUT2D eigenvalue weighted by atomic mass is 10.00. The van der Waals surface area contributed by atoms with E-state index in [1.165, 1.54) is 32.3 Å². The van der Waals surface area contributed by atoms with Crippen molar-refractivity contribution in [3.63, 3.8) is 0 Å². The summed E-state index contributed by atoms with van der Waals surface area (Å²) in [5, 5.41) is 9.36. The molecule has 1 atom stereocenters. The van der Waals surface area contributed by atoms with Crippen molar-refractivity contribution in [1.82, 2.24) is 4.90 Å². The van der Waals surface area contributed by atoms with Gasteiger partial charge in [0.25, 0.3) is 5.91 Å². The molecule has 8 nitrogen and oxygen atoms in total. The number of carboxylic acid groups (broad SMARTS) is 1. The van der Waals surface area contributed by atoms with E-state index in [2.05, 4.69) is 0 Å². The average molecular weight is 338 g/mol. The first-order chi connectivity index (χ1) is 11.5. The molecule has 3 N–H and O–H groups in total. The van der Waals surface area contributed by atoms with E-state index in [9.17, 15) is 14.7 Å². The summed E-state index contributed by atoms with van der Waals surface area (Å²) in [6.07, 6.45) is 1.94. The van der Waals surface area contributed by atoms with E-state index in [1.54, 1.807) is 0 Å². The summed E-state index contributed by atoms with van der Waals surface area (Å²) in [5.74, 6) is -0.727. The van der Waals surface area contributed by atoms with Crippen molar-refractivity contribution >= 4 is 17.6 Å². The fourth-order valence-electron chi connectivity index (χ4n) is 2.94. The smallest absolute Gasteiger partial charge is 0.326 e. The van der Waals surface area contributed by atoms with Gasteiger partial charge in [0.1, 0.15) is 6.04 Å². The Bertz CT molecular complexity index is 646. The molecular weight excluding hydrogens is 316 g/mol. The second kappa shape index (κ2) is 7.29. The van der Waals surface area contributed by atoms with Gasteiger partial charge >= 0.3 is 5.97 Å². The minimum absolute atomic E-state index is 0.0925. The Hall–Kier alpha value is -2.64. The second-order valence-corrected chi connectivity index (χ2v) is 5.45. The number of hydrogen-bond acceptors (Lipinski definition) is 6. The van der Waals surface area contributed by atoms with Gasteiger partial charge in [-0.15, -0.1) is 0 Å². The number of hydrogen-bond donors (Lipinski definition) is 2. The third-order valence-corrected chi connectivity index (χ3v) is 4.15. The Kier molecular flexibility index (Phi) is 5.38. The van der Waals surface area contributed by atoms with Crippen molar-refractivity contribution in [2.24, 2.45) is 0 Å². The van der Waals surface area contributed by atoms with Gasteiger partial charge in [0.15, 0.2) is 11.5 Å². The number of aliphatic carboxylic acids is 1. The Morgan fingerprint density at radius 2 is 1.83 bits per heavy atom. The third-order valence-electron chi connectivity index (χ3n) is 4.15. The van der Waals surface area contributed by atoms with Crippen LogP contribution < -0.4 is 19.9 Å². The van der Waals surface area contributed by atoms with Crippen molar-refractivity contribution in [2.75, 3.05) is 33.6 Å². The SMILES string of the molecule is COc1cc(C(=O)N2CCCCC2C(=O)O)c(N)c(OC)c1OC. The van der Waals surface area contributed by atoms with Crippen LogP contribution in [0.3, 0.4) is 0 Å². The van der Waals surface area contributed by atoms with Crippen LogP contribution in [-0.2, 0) is 4.79 Å². The molecule has 1 aliphatic rings. The van der Waals surface area contributed by atoms with Gasteiger partial charge in [-0.05, 0) is 25.3 Å². The topological polar surface area (TPSA) is 111 Å². The first-order valence-electron chi connectivity index (χ1n) is 7.58. The van der Waals surface area contributed by atoms with E-state index < -0.39 is 17.9 Å². The molecule has 0 radical (unpaired) electrons. The molecule has 0 aromatic heterocycles. The molecule has 0 aliphatic carbocycles. The largest absolute Gasteiger partial charge is 0.493 e. The van der Waals surface area contributed by atoms with Crippen LogP contribution in [0.25, 0.3) is 0 Å². The zero-order valence-electron chi connectivity index (χ0n) is 14.0. The maximum Gasteiger partial charge on any atom is 0.326 e. The zero-order valence-corrected chi connectivity index (χ0v) is 14.0. The highest BCUT2D eigenvalue weighted by Gasteiger charge is 2.34. The summed E-state index contributed by atoms with van der Waals surface area (Å²) in [6.45, 7) is 0.367. The molecule has 0 spiro atoms. The molecule has 1 aromatic rings. The number of benzene rings is 1. The summed E-state index contributed by atoms with van der Waals surface area (Å²) in [5.41, 5.74) is 6.30. The van der Waals surface area contributed by atoms with Crippen LogP contribution in [0.4, 0.5) is 5.69 Å². The number of carboxylic acids is 1. The number of amides is 1. The number of rotatable bonds is 5. The van der Waals surface area contributed by atoms with Gasteiger partial charge in [-0.3, -0.25) is 4.79 Å². The summed E-state index contributed by atoms with van der Waals surface area (Å²) < 4.78 is 15.7. The highest BCUT2D eigenvalue weighted by atomic mass is 16.5. The van der Waals surface area contributed by atoms with Gasteiger partial charge in [0.2, 0.25) is 5.75 Å². The number of likely N-dealkylation sites (tertiary alicyclic amines) is 1. The highest BCUT2D eigenvalue weighted by Crippen LogP contribution is 2.44. The average Bonchev–Trinajstić information content (AvgIpc) is 2.60. The van der Waals surface area contributed by atoms with E-state index in [-0.39, 0.29) is 28.5 Å². The monoisotopic (exact) mass is 338 g/mol. The van der Waals surface area contributed by atoms with Crippen LogP contribution in [0, 0.1) is 0 Å². The molecule has 0 saturated carbocycles. The molecule has 1 heterocycles. The van der Waals surface area contributed by atoms with Crippen LogP contribution in [0.1, 0.15) is 29.6 Å². The van der Waals surface area contributed by atoms with Crippen LogP contribution in [-0.4, -0.2) is 55.8 Å². The van der Waals surface area contributed by atoms with Crippen LogP contribution in [0.2, 0.25) is 0 Å². The summed E-state index contributed by atoms with van der Waals surface area (Å²) in [7, 11) is 4.28. The first-order valence-corrected chi connectivity index (χ1v) is 7.58. The minimum Gasteiger partial charge on any atom is -0.493 e. The van der Waals surface area contributed by atoms with E-state index in [1.807, 2.05) is 0 Å². The number of nitrogen functional groups attached to an aromatic ring is 1. The standard InChI is InChI=1S/C16H22N2O6/c1-22-11-8-9(12(17)14(24-3)13(11)23-2)15(19)18-7-5-4-6-10(18)16(20)21/h8,10H,4-7,17H2,1-3H3,(H,20,21). The lowest BCUT2D eigenvalue weighted by molar-refractivity contribution is -0.143. The second-order valence-electron chi connectivity index (χ2n) is 5.45. The van der Waals surface area contributed by atoms with E-state index in [0.717, 1.165) is 12.8 Å². The van der Waals surface area contributed by atoms with Crippen LogP contribution >= 0.6 is 0 Å². The summed E-state index contributed by atoms with van der Waals surface area (Å²) >= 11 is 0. The lowest BCUT2D eigenvalue weighted by Crippen LogP contribution is -2.48. The number of ether oxygens (including phenoxy) is 3. The number of carbonyl (C=O) groups is 2. The van der Waals surface area contributed by atoms with Crippen LogP contribution in [0.15, 0.2) is 6.07 Å². The molecule has 1 saturated heterocycles. The fraction of sp³-hybridized carbons (Fsp3) is 0.500. The molecule has 1 fully saturated rings. The summed E-state index contributed by atoms with van der Waals surface area (Å²) in [6, 6.07) is 0.594. The molecule has 0 bridgehead atoms. The number of piperidine rings is 1. The van der Waals surface area contributed by atoms with Gasteiger partial charge in [-0.1, -0.05) is 0 Å². The number of carbonyl (C=O) groups excluding carboxylic acids is 1. The molecule has 24 heavy (non-hydrogen) atoms. The van der Waals surface area contributed by atoms with Gasteiger partial charge in [-0.2, -0.15) is 0 Å². The predicted octanol–water partition coefficient (Wildman–Crippen LogP) is 1.37. The number of nitrogens with two attached hydrogens (primary N) is 1. The maximum atomic E-state index is 12.9. The van der Waals surface area contributed by atoms with Crippen molar-refractivity contribution in [3.05, 3.63) is 11.6 Å². The summed E-state index contributed by atoms with van der Waals surface area (Å²) in [4.78, 5) is 25.7. The van der Waals surface area contributed by atoms with Gasteiger partial charge in [0.05, 0.1) is 32.6 Å². The Morgan fingerprint density at radius 3 is 2.38 bits per heavy atom. The fourth-order valence-corrected chi connectivity index (χ4v) is 2.94. The van der Waals surface area contributed by atoms with Crippen molar-refractivity contribution < 1.29 is 28.9 Å². The number of nitrogens with zero attached hydrogens (tertiary/aromatic N) is 1. The minimum atomic E-state index is -1.02. The Morgan fingerprint density at radius 1 is 1.17 bits per heavy atom. The zero-order chi connectivity index (χ0) is 17.9. The lowest BCUT2D eigenvalue weighted by Gasteiger charge is -2.33. The molecular formula is C16H22N2O6. The molecule has 132 valence electrons. The number of anilines is 1. The Labute approximate surface area is 140 Å². The van der Waals surface area contributed by atoms with E-state index in [4.69, 9.17) is 19.9 Å². The maximum absolute atomic E-state index is 12.9. The molecule has 2 rings (SSSR count). The molecule has 1 aromatic carbocycles. The van der Waals surface area contributed by atoms with Gasteiger partial charge < -0.3 is 30.0 Å². The van der Waals surface area contributed by atoms with E-state index in [0.29, 0.717) is 13.0 Å². The quantitative estimate of drug-likeness (QED) is 0.780. The van der Waals surface area contributed by atoms with Gasteiger partial charge in [-0.25, -0.2) is 4.79 Å².